The number of anilines is 1. The number of halogens is 2. The van der Waals surface area contributed by atoms with Crippen molar-refractivity contribution in [2.24, 2.45) is 0 Å². The highest BCUT2D eigenvalue weighted by molar-refractivity contribution is 7.89. The second kappa shape index (κ2) is 15.9. The molecule has 1 aromatic heterocycles. The van der Waals surface area contributed by atoms with Gasteiger partial charge in [-0.25, -0.2) is 13.1 Å². The van der Waals surface area contributed by atoms with Crippen LogP contribution in [0.2, 0.25) is 0 Å². The van der Waals surface area contributed by atoms with Gasteiger partial charge in [0.15, 0.2) is 0 Å². The van der Waals surface area contributed by atoms with Crippen molar-refractivity contribution in [3.63, 3.8) is 0 Å². The van der Waals surface area contributed by atoms with Gasteiger partial charge in [-0.1, -0.05) is 36.4 Å². The molecule has 0 fully saturated rings. The first-order valence-corrected chi connectivity index (χ1v) is 16.6. The summed E-state index contributed by atoms with van der Waals surface area (Å²) in [5.74, 6) is 1.30. The molecule has 0 aliphatic heterocycles. The molecule has 11 nitrogen and oxygen atoms in total. The molecule has 1 N–H and O–H groups in total. The number of hydrogen-bond donors (Lipinski definition) is 1. The second-order valence-electron chi connectivity index (χ2n) is 11.0. The van der Waals surface area contributed by atoms with E-state index in [1.807, 2.05) is 0 Å². The summed E-state index contributed by atoms with van der Waals surface area (Å²) in [5, 5.41) is 6.63. The number of aromatic nitrogens is 2. The van der Waals surface area contributed by atoms with Crippen LogP contribution in [0.4, 0.5) is 14.5 Å². The number of rotatable bonds is 16. The normalized spacial score (nSPS) is 11.7. The molecule has 14 heteroatoms. The number of hydrogen-bond acceptors (Lipinski definition) is 8. The summed E-state index contributed by atoms with van der Waals surface area (Å²) in [6.45, 7) is -2.39. The third-order valence-electron chi connectivity index (χ3n) is 7.56. The summed E-state index contributed by atoms with van der Waals surface area (Å²) in [5.41, 5.74) is 2.02. The van der Waals surface area contributed by atoms with Gasteiger partial charge >= 0.3 is 6.55 Å². The summed E-state index contributed by atoms with van der Waals surface area (Å²) in [6.07, 6.45) is 0.931. The van der Waals surface area contributed by atoms with Gasteiger partial charge in [-0.05, 0) is 65.2 Å². The Kier molecular flexibility index (Phi) is 11.4. The fourth-order valence-electron chi connectivity index (χ4n) is 5.11. The van der Waals surface area contributed by atoms with Crippen LogP contribution in [0, 0.1) is 0 Å². The van der Waals surface area contributed by atoms with Gasteiger partial charge in [0, 0.05) is 37.5 Å². The molecule has 5 rings (SSSR count). The van der Waals surface area contributed by atoms with Gasteiger partial charge in [-0.2, -0.15) is 18.2 Å². The van der Waals surface area contributed by atoms with Crippen molar-refractivity contribution in [1.82, 2.24) is 14.1 Å². The summed E-state index contributed by atoms with van der Waals surface area (Å²) in [6, 6.07) is 23.5. The van der Waals surface area contributed by atoms with Crippen molar-refractivity contribution in [2.75, 3.05) is 39.9 Å². The topological polar surface area (TPSA) is 121 Å². The molecule has 0 aliphatic carbocycles. The molecule has 0 saturated carbocycles. The molecule has 0 unspecified atom stereocenters. The van der Waals surface area contributed by atoms with E-state index in [0.717, 1.165) is 6.20 Å². The predicted molar refractivity (Wildman–Crippen MR) is 180 cm³/mol. The monoisotopic (exact) mass is 694 g/mol. The molecule has 258 valence electrons. The van der Waals surface area contributed by atoms with Crippen LogP contribution in [0.25, 0.3) is 10.9 Å². The number of carbonyl (C=O) groups excluding carboxylic acids is 1. The van der Waals surface area contributed by atoms with E-state index in [2.05, 4.69) is 10.4 Å². The number of fused-ring (bicyclic) bond motifs is 1. The Morgan fingerprint density at radius 1 is 0.837 bits per heavy atom. The lowest BCUT2D eigenvalue weighted by Crippen LogP contribution is -2.30. The summed E-state index contributed by atoms with van der Waals surface area (Å²) in [7, 11) is 0.217. The van der Waals surface area contributed by atoms with E-state index in [-0.39, 0.29) is 41.0 Å². The van der Waals surface area contributed by atoms with Crippen LogP contribution in [-0.4, -0.2) is 63.0 Å². The van der Waals surface area contributed by atoms with Crippen molar-refractivity contribution in [1.29, 1.82) is 0 Å². The van der Waals surface area contributed by atoms with Crippen molar-refractivity contribution in [2.45, 2.75) is 31.0 Å². The first-order valence-electron chi connectivity index (χ1n) is 15.2. The van der Waals surface area contributed by atoms with E-state index in [4.69, 9.17) is 18.9 Å². The number of carbonyl (C=O) groups is 1. The van der Waals surface area contributed by atoms with Crippen LogP contribution in [-0.2, 0) is 39.1 Å². The quantitative estimate of drug-likeness (QED) is 0.124. The zero-order valence-corrected chi connectivity index (χ0v) is 28.0. The molecule has 0 atom stereocenters. The van der Waals surface area contributed by atoms with Gasteiger partial charge in [0.2, 0.25) is 15.9 Å². The molecule has 49 heavy (non-hydrogen) atoms. The maximum Gasteiger partial charge on any atom is 0.333 e. The predicted octanol–water partition coefficient (Wildman–Crippen LogP) is 6.05. The van der Waals surface area contributed by atoms with E-state index in [1.54, 1.807) is 79.9 Å². The highest BCUT2D eigenvalue weighted by Crippen LogP contribution is 2.32. The SMILES string of the molecule is COCCOc1cccc(CC(=O)Nc2cc(S(=O)(=O)N(Cc3ccc(OC)cc3)Cc3ccc(OC)cc3)c3cn(C(F)F)nc3c2)c1. The number of benzene rings is 4. The minimum atomic E-state index is -4.41. The molecular formula is C35H36F2N4O7S. The van der Waals surface area contributed by atoms with E-state index in [0.29, 0.717) is 51.8 Å². The van der Waals surface area contributed by atoms with Crippen LogP contribution in [0.5, 0.6) is 17.2 Å². The van der Waals surface area contributed by atoms with Crippen LogP contribution < -0.4 is 19.5 Å². The maximum absolute atomic E-state index is 14.6. The zero-order chi connectivity index (χ0) is 35.0. The number of nitrogens with one attached hydrogen (secondary N) is 1. The summed E-state index contributed by atoms with van der Waals surface area (Å²) >= 11 is 0. The van der Waals surface area contributed by atoms with E-state index < -0.39 is 22.5 Å². The lowest BCUT2D eigenvalue weighted by atomic mass is 10.1. The van der Waals surface area contributed by atoms with Gasteiger partial charge in [-0.15, -0.1) is 0 Å². The number of nitrogens with zero attached hydrogens (tertiary/aromatic N) is 3. The molecule has 4 aromatic carbocycles. The lowest BCUT2D eigenvalue weighted by molar-refractivity contribution is -0.115. The highest BCUT2D eigenvalue weighted by atomic mass is 32.2. The average molecular weight is 695 g/mol. The minimum Gasteiger partial charge on any atom is -0.497 e. The Balaban J connectivity index is 1.50. The number of ether oxygens (including phenoxy) is 4. The highest BCUT2D eigenvalue weighted by Gasteiger charge is 2.29. The fraction of sp³-hybridized carbons (Fsp3) is 0.257. The van der Waals surface area contributed by atoms with E-state index >= 15 is 0 Å². The third-order valence-corrected chi connectivity index (χ3v) is 9.39. The number of methoxy groups -OCH3 is 3. The minimum absolute atomic E-state index is 0.0198. The van der Waals surface area contributed by atoms with Gasteiger partial charge in [-0.3, -0.25) is 4.79 Å². The summed E-state index contributed by atoms with van der Waals surface area (Å²) < 4.78 is 79.5. The Hall–Kier alpha value is -5.05. The first kappa shape index (κ1) is 35.3. The smallest absolute Gasteiger partial charge is 0.333 e. The number of amides is 1. The zero-order valence-electron chi connectivity index (χ0n) is 27.1. The van der Waals surface area contributed by atoms with Crippen molar-refractivity contribution in [3.8, 4) is 17.2 Å². The molecule has 0 bridgehead atoms. The molecule has 5 aromatic rings. The maximum atomic E-state index is 14.6. The largest absolute Gasteiger partial charge is 0.497 e. The molecule has 0 saturated heterocycles. The molecule has 0 radical (unpaired) electrons. The average Bonchev–Trinajstić information content (AvgIpc) is 3.53. The lowest BCUT2D eigenvalue weighted by Gasteiger charge is -2.23. The molecule has 0 aliphatic rings. The molecule has 1 heterocycles. The Labute approximate surface area is 283 Å². The van der Waals surface area contributed by atoms with Crippen LogP contribution in [0.3, 0.4) is 0 Å². The van der Waals surface area contributed by atoms with Gasteiger partial charge in [0.25, 0.3) is 0 Å². The van der Waals surface area contributed by atoms with Crippen molar-refractivity contribution < 1.29 is 40.9 Å². The van der Waals surface area contributed by atoms with E-state index in [1.165, 1.54) is 30.7 Å². The Morgan fingerprint density at radius 3 is 2.04 bits per heavy atom. The fourth-order valence-corrected chi connectivity index (χ4v) is 6.74. The third kappa shape index (κ3) is 8.90. The van der Waals surface area contributed by atoms with Crippen LogP contribution in [0.15, 0.2) is 96.0 Å². The number of sulfonamides is 1. The van der Waals surface area contributed by atoms with Crippen LogP contribution in [0.1, 0.15) is 23.2 Å². The standard InChI is InChI=1S/C35H36F2N4O7S/c1-45-15-16-48-30-6-4-5-26(17-30)18-34(42)38-27-19-32-31(23-41(39-32)35(36)37)33(20-27)49(43,44)40(21-24-7-11-28(46-2)12-8-24)22-25-9-13-29(47-3)14-10-25/h4-14,17,19-20,23,35H,15-16,18,21-22H2,1-3H3,(H,38,42). The van der Waals surface area contributed by atoms with E-state index in [9.17, 15) is 22.0 Å². The van der Waals surface area contributed by atoms with Gasteiger partial charge in [0.05, 0.1) is 37.7 Å². The first-order chi connectivity index (χ1) is 23.6. The second-order valence-corrected chi connectivity index (χ2v) is 12.9. The molecule has 1 amide bonds. The molecule has 0 spiro atoms. The van der Waals surface area contributed by atoms with Gasteiger partial charge in [0.1, 0.15) is 23.9 Å². The Morgan fingerprint density at radius 2 is 1.47 bits per heavy atom. The van der Waals surface area contributed by atoms with Crippen LogP contribution >= 0.6 is 0 Å². The molecular weight excluding hydrogens is 658 g/mol. The van der Waals surface area contributed by atoms with Crippen molar-refractivity contribution in [3.05, 3.63) is 108 Å². The summed E-state index contributed by atoms with van der Waals surface area (Å²) in [4.78, 5) is 12.9. The van der Waals surface area contributed by atoms with Crippen molar-refractivity contribution >= 4 is 32.5 Å². The van der Waals surface area contributed by atoms with Gasteiger partial charge < -0.3 is 24.3 Å². The number of alkyl halides is 2. The Bertz CT molecular complexity index is 1940.